The van der Waals surface area contributed by atoms with Crippen LogP contribution in [0.15, 0.2) is 0 Å². The summed E-state index contributed by atoms with van der Waals surface area (Å²) in [5.74, 6) is 0. The monoisotopic (exact) mass is 270 g/mol. The molecular weight excluding hydrogens is 235 g/mol. The van der Waals surface area contributed by atoms with E-state index < -0.39 is 0 Å². The van der Waals surface area contributed by atoms with Crippen LogP contribution in [0.5, 0.6) is 0 Å². The van der Waals surface area contributed by atoms with E-state index in [1.807, 2.05) is 0 Å². The van der Waals surface area contributed by atoms with Crippen LogP contribution in [0.3, 0.4) is 0 Å². The van der Waals surface area contributed by atoms with Gasteiger partial charge in [-0.3, -0.25) is 0 Å². The molecule has 0 aliphatic heterocycles. The van der Waals surface area contributed by atoms with Crippen molar-refractivity contribution < 1.29 is 9.47 Å². The molecule has 3 heteroatoms. The first kappa shape index (κ1) is 19.0. The molecule has 0 fully saturated rings. The zero-order valence-corrected chi connectivity index (χ0v) is 14.9. The zero-order chi connectivity index (χ0) is 15.5. The highest BCUT2D eigenvalue weighted by atomic mass is 16.5. The lowest BCUT2D eigenvalue weighted by molar-refractivity contribution is -0.0890. The quantitative estimate of drug-likeness (QED) is 0.624. The maximum atomic E-state index is 6.05. The summed E-state index contributed by atoms with van der Waals surface area (Å²) < 4.78 is 11.9. The first-order chi connectivity index (χ1) is 8.29. The molecule has 0 spiro atoms. The van der Waals surface area contributed by atoms with Crippen molar-refractivity contribution in [1.82, 2.24) is 0 Å². The van der Waals surface area contributed by atoms with Crippen molar-refractivity contribution in [2.24, 2.45) is 5.41 Å². The molecule has 1 unspecified atom stereocenters. The van der Waals surface area contributed by atoms with Crippen LogP contribution in [0.1, 0.15) is 68.7 Å². The van der Waals surface area contributed by atoms with Gasteiger partial charge in [-0.05, 0) is 58.7 Å². The van der Waals surface area contributed by atoms with Gasteiger partial charge in [0.25, 0.3) is 0 Å². The van der Waals surface area contributed by atoms with E-state index in [0.717, 1.165) is 13.0 Å². The number of hydrogen-bond acceptors (Lipinski definition) is 2. The van der Waals surface area contributed by atoms with Crippen LogP contribution >= 0.6 is 0 Å². The van der Waals surface area contributed by atoms with Crippen molar-refractivity contribution in [2.75, 3.05) is 6.61 Å². The third-order valence-electron chi connectivity index (χ3n) is 4.03. The summed E-state index contributed by atoms with van der Waals surface area (Å²) in [6.07, 6.45) is 1.57. The Morgan fingerprint density at radius 2 is 1.37 bits per heavy atom. The summed E-state index contributed by atoms with van der Waals surface area (Å²) in [5.41, 5.74) is 0.0487. The van der Waals surface area contributed by atoms with Gasteiger partial charge in [-0.1, -0.05) is 20.8 Å². The molecule has 0 rings (SSSR count). The minimum Gasteiger partial charge on any atom is -0.379 e. The first-order valence-electron chi connectivity index (χ1n) is 7.58. The summed E-state index contributed by atoms with van der Waals surface area (Å²) in [6, 6.07) is 0. The highest BCUT2D eigenvalue weighted by molar-refractivity contribution is 6.15. The Kier molecular flexibility index (Phi) is 6.62. The summed E-state index contributed by atoms with van der Waals surface area (Å²) >= 11 is 0. The molecule has 0 saturated heterocycles. The van der Waals surface area contributed by atoms with Crippen molar-refractivity contribution >= 4 is 7.85 Å². The van der Waals surface area contributed by atoms with Gasteiger partial charge in [-0.15, -0.1) is 0 Å². The molecule has 0 aliphatic carbocycles. The Labute approximate surface area is 122 Å². The summed E-state index contributed by atoms with van der Waals surface area (Å²) in [5, 5.41) is 0.120. The number of hydrogen-bond donors (Lipinski definition) is 0. The van der Waals surface area contributed by atoms with E-state index in [1.165, 1.54) is 0 Å². The Hall–Kier alpha value is -0.0151. The third-order valence-corrected chi connectivity index (χ3v) is 4.03. The molecule has 1 atom stereocenters. The lowest BCUT2D eigenvalue weighted by atomic mass is 9.52. The fourth-order valence-electron chi connectivity index (χ4n) is 2.55. The van der Waals surface area contributed by atoms with Gasteiger partial charge in [0.2, 0.25) is 0 Å². The van der Waals surface area contributed by atoms with Crippen molar-refractivity contribution in [3.8, 4) is 0 Å². The van der Waals surface area contributed by atoms with E-state index in [-0.39, 0.29) is 28.5 Å². The second-order valence-electron chi connectivity index (χ2n) is 8.23. The van der Waals surface area contributed by atoms with Crippen LogP contribution in [-0.2, 0) is 9.47 Å². The van der Waals surface area contributed by atoms with E-state index in [4.69, 9.17) is 9.47 Å². The molecular formula is C16H35BO2. The summed E-state index contributed by atoms with van der Waals surface area (Å²) in [6.45, 7) is 20.5. The SMILES string of the molecule is BC(C)(COC(C)C)C(C)(C)CC(C)(C)OC(C)C. The molecule has 0 bridgehead atoms. The van der Waals surface area contributed by atoms with Crippen LogP contribution in [0, 0.1) is 5.41 Å². The maximum absolute atomic E-state index is 6.05. The largest absolute Gasteiger partial charge is 0.379 e. The van der Waals surface area contributed by atoms with Gasteiger partial charge in [-0.25, -0.2) is 0 Å². The highest BCUT2D eigenvalue weighted by Gasteiger charge is 2.41. The van der Waals surface area contributed by atoms with Gasteiger partial charge in [-0.2, -0.15) is 0 Å². The summed E-state index contributed by atoms with van der Waals surface area (Å²) in [4.78, 5) is 0. The Morgan fingerprint density at radius 3 is 1.74 bits per heavy atom. The summed E-state index contributed by atoms with van der Waals surface area (Å²) in [7, 11) is 2.29. The molecule has 19 heavy (non-hydrogen) atoms. The predicted octanol–water partition coefficient (Wildman–Crippen LogP) is 3.84. The van der Waals surface area contributed by atoms with Crippen molar-refractivity contribution in [3.05, 3.63) is 0 Å². The van der Waals surface area contributed by atoms with Gasteiger partial charge in [0.05, 0.1) is 17.8 Å². The molecule has 0 amide bonds. The standard InChI is InChI=1S/C16H35BO2/c1-12(2)18-11-16(9,17)14(5,6)10-15(7,8)19-13(3)4/h12-13H,10-11,17H2,1-9H3. The van der Waals surface area contributed by atoms with Crippen molar-refractivity contribution in [2.45, 2.75) is 91.9 Å². The van der Waals surface area contributed by atoms with Crippen molar-refractivity contribution in [1.29, 1.82) is 0 Å². The highest BCUT2D eigenvalue weighted by Crippen LogP contribution is 2.48. The molecule has 0 N–H and O–H groups in total. The Balaban J connectivity index is 4.75. The third kappa shape index (κ3) is 6.81. The number of ether oxygens (including phenoxy) is 2. The molecule has 0 aliphatic rings. The smallest absolute Gasteiger partial charge is 0.112 e. The number of rotatable bonds is 8. The molecule has 0 aromatic carbocycles. The predicted molar refractivity (Wildman–Crippen MR) is 86.7 cm³/mol. The second kappa shape index (κ2) is 6.63. The minimum atomic E-state index is -0.104. The van der Waals surface area contributed by atoms with Crippen LogP contribution in [0.4, 0.5) is 0 Å². The molecule has 2 nitrogen and oxygen atoms in total. The lowest BCUT2D eigenvalue weighted by Gasteiger charge is -2.46. The van der Waals surface area contributed by atoms with Crippen LogP contribution < -0.4 is 0 Å². The van der Waals surface area contributed by atoms with Crippen molar-refractivity contribution in [3.63, 3.8) is 0 Å². The average Bonchev–Trinajstić information content (AvgIpc) is 2.10. The second-order valence-corrected chi connectivity index (χ2v) is 8.23. The van der Waals surface area contributed by atoms with E-state index in [2.05, 4.69) is 70.2 Å². The average molecular weight is 270 g/mol. The van der Waals surface area contributed by atoms with Gasteiger partial charge < -0.3 is 9.47 Å². The van der Waals surface area contributed by atoms with Gasteiger partial charge in [0.15, 0.2) is 0 Å². The van der Waals surface area contributed by atoms with Gasteiger partial charge >= 0.3 is 0 Å². The first-order valence-corrected chi connectivity index (χ1v) is 7.58. The normalized spacial score (nSPS) is 17.0. The van der Waals surface area contributed by atoms with E-state index in [0.29, 0.717) is 0 Å². The van der Waals surface area contributed by atoms with Gasteiger partial charge in [0, 0.05) is 6.61 Å². The molecule has 0 heterocycles. The maximum Gasteiger partial charge on any atom is 0.112 e. The van der Waals surface area contributed by atoms with E-state index in [1.54, 1.807) is 0 Å². The van der Waals surface area contributed by atoms with E-state index >= 15 is 0 Å². The van der Waals surface area contributed by atoms with Gasteiger partial charge in [0.1, 0.15) is 7.85 Å². The topological polar surface area (TPSA) is 18.5 Å². The van der Waals surface area contributed by atoms with Crippen LogP contribution in [0.25, 0.3) is 0 Å². The molecule has 0 aromatic heterocycles. The Morgan fingerprint density at radius 1 is 0.895 bits per heavy atom. The fourth-order valence-corrected chi connectivity index (χ4v) is 2.55. The minimum absolute atomic E-state index is 0.104. The Bertz CT molecular complexity index is 268. The molecule has 114 valence electrons. The van der Waals surface area contributed by atoms with Crippen LogP contribution in [0.2, 0.25) is 5.31 Å². The fraction of sp³-hybridized carbons (Fsp3) is 1.00. The molecule has 0 saturated carbocycles. The molecule has 0 radical (unpaired) electrons. The zero-order valence-electron chi connectivity index (χ0n) is 14.9. The van der Waals surface area contributed by atoms with E-state index in [9.17, 15) is 0 Å². The van der Waals surface area contributed by atoms with Crippen LogP contribution in [-0.4, -0.2) is 32.3 Å². The lowest BCUT2D eigenvalue weighted by Crippen LogP contribution is -2.41. The molecule has 0 aromatic rings.